The summed E-state index contributed by atoms with van der Waals surface area (Å²) < 4.78 is 10.9. The molecule has 2 amide bonds. The van der Waals surface area contributed by atoms with Gasteiger partial charge in [0.25, 0.3) is 0 Å². The lowest BCUT2D eigenvalue weighted by atomic mass is 10.0. The van der Waals surface area contributed by atoms with Gasteiger partial charge in [-0.1, -0.05) is 90.5 Å². The summed E-state index contributed by atoms with van der Waals surface area (Å²) in [6.45, 7) is 0.736. The van der Waals surface area contributed by atoms with E-state index in [0.717, 1.165) is 22.3 Å². The van der Waals surface area contributed by atoms with Crippen LogP contribution in [0.3, 0.4) is 0 Å². The molecule has 1 unspecified atom stereocenters. The number of nitrogens with one attached hydrogen (secondary N) is 1. The number of carbonyl (C=O) groups excluding carboxylic acids is 2. The lowest BCUT2D eigenvalue weighted by Crippen LogP contribution is -2.43. The second kappa shape index (κ2) is 12.5. The van der Waals surface area contributed by atoms with E-state index in [1.807, 2.05) is 91.0 Å². The van der Waals surface area contributed by atoms with E-state index < -0.39 is 6.04 Å². The molecule has 39 heavy (non-hydrogen) atoms. The summed E-state index contributed by atoms with van der Waals surface area (Å²) in [6, 6.07) is 31.4. The summed E-state index contributed by atoms with van der Waals surface area (Å²) >= 11 is 6.11. The first-order chi connectivity index (χ1) is 19.1. The number of aryl methyl sites for hydroxylation is 1. The number of fused-ring (bicyclic) bond motifs is 1. The molecule has 7 heteroatoms. The Hall–Kier alpha value is -4.29. The first kappa shape index (κ1) is 26.3. The number of hydrogen-bond acceptors (Lipinski definition) is 4. The zero-order valence-corrected chi connectivity index (χ0v) is 22.1. The van der Waals surface area contributed by atoms with E-state index in [-0.39, 0.29) is 38.1 Å². The van der Waals surface area contributed by atoms with Crippen LogP contribution in [0.25, 0.3) is 0 Å². The van der Waals surface area contributed by atoms with Crippen molar-refractivity contribution < 1.29 is 19.1 Å². The molecule has 0 aliphatic carbocycles. The maximum atomic E-state index is 13.8. The molecular formula is C32H29ClN2O4. The van der Waals surface area contributed by atoms with Gasteiger partial charge in [0.15, 0.2) is 11.5 Å². The molecular weight excluding hydrogens is 512 g/mol. The SMILES string of the molecule is O=C(NCc1ccc2c(c1)OCO2)C(c1ccccc1)N(Cc1ccc(Cl)cc1)C(=O)CCc1ccccc1. The maximum absolute atomic E-state index is 13.8. The summed E-state index contributed by atoms with van der Waals surface area (Å²) in [6.07, 6.45) is 0.855. The van der Waals surface area contributed by atoms with Gasteiger partial charge in [0.1, 0.15) is 6.04 Å². The Kier molecular flexibility index (Phi) is 8.44. The molecule has 198 valence electrons. The minimum Gasteiger partial charge on any atom is -0.454 e. The normalized spacial score (nSPS) is 12.5. The van der Waals surface area contributed by atoms with Crippen LogP contribution in [0.15, 0.2) is 103 Å². The Bertz CT molecular complexity index is 1410. The van der Waals surface area contributed by atoms with Crippen molar-refractivity contribution >= 4 is 23.4 Å². The number of amides is 2. The maximum Gasteiger partial charge on any atom is 0.247 e. The van der Waals surface area contributed by atoms with E-state index >= 15 is 0 Å². The van der Waals surface area contributed by atoms with Gasteiger partial charge in [-0.2, -0.15) is 0 Å². The van der Waals surface area contributed by atoms with Crippen LogP contribution in [-0.2, 0) is 29.1 Å². The van der Waals surface area contributed by atoms with Crippen molar-refractivity contribution in [1.29, 1.82) is 0 Å². The van der Waals surface area contributed by atoms with Crippen LogP contribution in [-0.4, -0.2) is 23.5 Å². The van der Waals surface area contributed by atoms with Crippen molar-refractivity contribution in [1.82, 2.24) is 10.2 Å². The summed E-state index contributed by atoms with van der Waals surface area (Å²) in [4.78, 5) is 29.3. The molecule has 0 saturated heterocycles. The second-order valence-corrected chi connectivity index (χ2v) is 9.79. The van der Waals surface area contributed by atoms with Gasteiger partial charge in [0.05, 0.1) is 0 Å². The van der Waals surface area contributed by atoms with Gasteiger partial charge in [-0.05, 0) is 52.9 Å². The van der Waals surface area contributed by atoms with Crippen molar-refractivity contribution in [3.8, 4) is 11.5 Å². The Labute approximate surface area is 233 Å². The molecule has 1 aliphatic heterocycles. The van der Waals surface area contributed by atoms with Crippen LogP contribution in [0.2, 0.25) is 5.02 Å². The molecule has 4 aromatic rings. The zero-order valence-electron chi connectivity index (χ0n) is 21.4. The number of rotatable bonds is 10. The van der Waals surface area contributed by atoms with E-state index in [0.29, 0.717) is 22.9 Å². The Morgan fingerprint density at radius 2 is 1.46 bits per heavy atom. The number of benzene rings is 4. The molecule has 6 nitrogen and oxygen atoms in total. The average molecular weight is 541 g/mol. The van der Waals surface area contributed by atoms with E-state index in [1.54, 1.807) is 17.0 Å². The molecule has 1 atom stereocenters. The summed E-state index contributed by atoms with van der Waals surface area (Å²) in [7, 11) is 0. The van der Waals surface area contributed by atoms with Gasteiger partial charge < -0.3 is 19.7 Å². The zero-order chi connectivity index (χ0) is 27.0. The molecule has 0 radical (unpaired) electrons. The molecule has 1 aliphatic rings. The minimum atomic E-state index is -0.820. The second-order valence-electron chi connectivity index (χ2n) is 9.35. The average Bonchev–Trinajstić information content (AvgIpc) is 3.45. The topological polar surface area (TPSA) is 67.9 Å². The molecule has 0 aromatic heterocycles. The third-order valence-electron chi connectivity index (χ3n) is 6.64. The van der Waals surface area contributed by atoms with Crippen LogP contribution >= 0.6 is 11.6 Å². The van der Waals surface area contributed by atoms with Crippen LogP contribution in [0.5, 0.6) is 11.5 Å². The molecule has 5 rings (SSSR count). The molecule has 0 saturated carbocycles. The third kappa shape index (κ3) is 6.78. The standard InChI is InChI=1S/C32H29ClN2O4/c33-27-15-11-24(12-16-27)21-35(30(36)18-14-23-7-3-1-4-8-23)31(26-9-5-2-6-10-26)32(37)34-20-25-13-17-28-29(19-25)39-22-38-28/h1-13,15-17,19,31H,14,18,20-22H2,(H,34,37). The summed E-state index contributed by atoms with van der Waals surface area (Å²) in [5, 5.41) is 3.66. The van der Waals surface area contributed by atoms with Crippen LogP contribution in [0.4, 0.5) is 0 Å². The molecule has 0 fully saturated rings. The van der Waals surface area contributed by atoms with Gasteiger partial charge in [-0.15, -0.1) is 0 Å². The monoisotopic (exact) mass is 540 g/mol. The fraction of sp³-hybridized carbons (Fsp3) is 0.188. The highest BCUT2D eigenvalue weighted by molar-refractivity contribution is 6.30. The van der Waals surface area contributed by atoms with E-state index in [4.69, 9.17) is 21.1 Å². The van der Waals surface area contributed by atoms with Gasteiger partial charge in [-0.25, -0.2) is 0 Å². The van der Waals surface area contributed by atoms with Gasteiger partial charge in [0.2, 0.25) is 18.6 Å². The van der Waals surface area contributed by atoms with Crippen molar-refractivity contribution in [2.75, 3.05) is 6.79 Å². The van der Waals surface area contributed by atoms with Crippen LogP contribution < -0.4 is 14.8 Å². The van der Waals surface area contributed by atoms with E-state index in [2.05, 4.69) is 5.32 Å². The van der Waals surface area contributed by atoms with Gasteiger partial charge in [0, 0.05) is 24.5 Å². The van der Waals surface area contributed by atoms with Gasteiger partial charge in [-0.3, -0.25) is 9.59 Å². The van der Waals surface area contributed by atoms with Crippen molar-refractivity contribution in [3.05, 3.63) is 130 Å². The van der Waals surface area contributed by atoms with Crippen LogP contribution in [0.1, 0.15) is 34.7 Å². The Balaban J connectivity index is 1.41. The fourth-order valence-corrected chi connectivity index (χ4v) is 4.72. The first-order valence-electron chi connectivity index (χ1n) is 12.9. The van der Waals surface area contributed by atoms with E-state index in [9.17, 15) is 9.59 Å². The molecule has 4 aromatic carbocycles. The molecule has 0 bridgehead atoms. The summed E-state index contributed by atoms with van der Waals surface area (Å²) in [5.74, 6) is 0.967. The smallest absolute Gasteiger partial charge is 0.247 e. The third-order valence-corrected chi connectivity index (χ3v) is 6.89. The van der Waals surface area contributed by atoms with E-state index in [1.165, 1.54) is 0 Å². The van der Waals surface area contributed by atoms with Crippen molar-refractivity contribution in [2.45, 2.75) is 32.0 Å². The van der Waals surface area contributed by atoms with Crippen molar-refractivity contribution in [2.24, 2.45) is 0 Å². The van der Waals surface area contributed by atoms with Crippen LogP contribution in [0, 0.1) is 0 Å². The fourth-order valence-electron chi connectivity index (χ4n) is 4.59. The number of halogens is 1. The predicted molar refractivity (Wildman–Crippen MR) is 150 cm³/mol. The highest BCUT2D eigenvalue weighted by Gasteiger charge is 2.31. The quantitative estimate of drug-likeness (QED) is 0.264. The largest absolute Gasteiger partial charge is 0.454 e. The molecule has 0 spiro atoms. The number of hydrogen-bond donors (Lipinski definition) is 1. The van der Waals surface area contributed by atoms with Gasteiger partial charge >= 0.3 is 0 Å². The number of nitrogens with zero attached hydrogens (tertiary/aromatic N) is 1. The lowest BCUT2D eigenvalue weighted by Gasteiger charge is -2.32. The Morgan fingerprint density at radius 3 is 2.21 bits per heavy atom. The van der Waals surface area contributed by atoms with Crippen molar-refractivity contribution in [3.63, 3.8) is 0 Å². The molecule has 1 heterocycles. The lowest BCUT2D eigenvalue weighted by molar-refractivity contribution is -0.141. The predicted octanol–water partition coefficient (Wildman–Crippen LogP) is 6.09. The highest BCUT2D eigenvalue weighted by atomic mass is 35.5. The highest BCUT2D eigenvalue weighted by Crippen LogP contribution is 2.32. The summed E-state index contributed by atoms with van der Waals surface area (Å²) in [5.41, 5.74) is 3.57. The first-order valence-corrected chi connectivity index (χ1v) is 13.2. The number of ether oxygens (including phenoxy) is 2. The minimum absolute atomic E-state index is 0.110. The number of carbonyl (C=O) groups is 2. The molecule has 1 N–H and O–H groups in total. The Morgan fingerprint density at radius 1 is 0.795 bits per heavy atom.